The molecule has 3 aliphatic rings. The third-order valence-corrected chi connectivity index (χ3v) is 6.00. The van der Waals surface area contributed by atoms with E-state index in [0.29, 0.717) is 0 Å². The molecule has 6 heteroatoms. The monoisotopic (exact) mass is 323 g/mol. The van der Waals surface area contributed by atoms with Crippen LogP contribution < -0.4 is 5.32 Å². The van der Waals surface area contributed by atoms with Crippen LogP contribution in [0, 0.1) is 11.3 Å². The lowest BCUT2D eigenvalue weighted by Crippen LogP contribution is -2.53. The first kappa shape index (κ1) is 16.6. The summed E-state index contributed by atoms with van der Waals surface area (Å²) >= 11 is 0. The summed E-state index contributed by atoms with van der Waals surface area (Å²) in [4.78, 5) is 28.4. The zero-order valence-electron chi connectivity index (χ0n) is 14.3. The predicted octanol–water partition coefficient (Wildman–Crippen LogP) is 1.46. The van der Waals surface area contributed by atoms with Crippen LogP contribution in [0.15, 0.2) is 0 Å². The van der Waals surface area contributed by atoms with Crippen molar-refractivity contribution in [1.82, 2.24) is 15.1 Å². The molecular weight excluding hydrogens is 294 g/mol. The van der Waals surface area contributed by atoms with Crippen molar-refractivity contribution in [2.75, 3.05) is 39.8 Å². The van der Waals surface area contributed by atoms with Crippen LogP contribution in [-0.2, 0) is 9.53 Å². The minimum absolute atomic E-state index is 0.0640. The van der Waals surface area contributed by atoms with E-state index in [0.717, 1.165) is 64.8 Å². The van der Waals surface area contributed by atoms with Gasteiger partial charge in [0.15, 0.2) is 0 Å². The number of rotatable bonds is 3. The SMILES string of the molecule is CCN1CCC[C@@H](NC(=O)N2CCC3(CC2)C[C@H]3C(=O)OC)C1. The van der Waals surface area contributed by atoms with Crippen molar-refractivity contribution >= 4 is 12.0 Å². The van der Waals surface area contributed by atoms with Crippen LogP contribution in [0.2, 0.25) is 0 Å². The lowest BCUT2D eigenvalue weighted by Gasteiger charge is -2.36. The van der Waals surface area contributed by atoms with Gasteiger partial charge in [0.2, 0.25) is 0 Å². The highest BCUT2D eigenvalue weighted by Gasteiger charge is 2.59. The van der Waals surface area contributed by atoms with Crippen LogP contribution in [0.5, 0.6) is 0 Å². The topological polar surface area (TPSA) is 61.9 Å². The molecular formula is C17H29N3O3. The van der Waals surface area contributed by atoms with Gasteiger partial charge in [-0.05, 0) is 50.6 Å². The summed E-state index contributed by atoms with van der Waals surface area (Å²) in [5.41, 5.74) is 0.119. The van der Waals surface area contributed by atoms with E-state index in [-0.39, 0.29) is 29.4 Å². The number of esters is 1. The van der Waals surface area contributed by atoms with Gasteiger partial charge < -0.3 is 19.9 Å². The number of hydrogen-bond donors (Lipinski definition) is 1. The summed E-state index contributed by atoms with van der Waals surface area (Å²) < 4.78 is 4.86. The molecule has 130 valence electrons. The Kier molecular flexibility index (Phi) is 4.80. The molecule has 1 N–H and O–H groups in total. The summed E-state index contributed by atoms with van der Waals surface area (Å²) in [5, 5.41) is 3.20. The Morgan fingerprint density at radius 2 is 2.00 bits per heavy atom. The molecule has 2 atom stereocenters. The number of carbonyl (C=O) groups excluding carboxylic acids is 2. The first-order chi connectivity index (χ1) is 11.1. The number of piperidine rings is 2. The highest BCUT2D eigenvalue weighted by molar-refractivity contribution is 5.77. The fraction of sp³-hybridized carbons (Fsp3) is 0.882. The number of likely N-dealkylation sites (N-methyl/N-ethyl adjacent to an activating group) is 1. The van der Waals surface area contributed by atoms with Gasteiger partial charge in [-0.3, -0.25) is 4.79 Å². The number of likely N-dealkylation sites (tertiary alicyclic amines) is 2. The van der Waals surface area contributed by atoms with E-state index in [9.17, 15) is 9.59 Å². The van der Waals surface area contributed by atoms with Crippen molar-refractivity contribution in [1.29, 1.82) is 0 Å². The predicted molar refractivity (Wildman–Crippen MR) is 87.0 cm³/mol. The number of carbonyl (C=O) groups is 2. The van der Waals surface area contributed by atoms with Crippen molar-refractivity contribution in [2.24, 2.45) is 11.3 Å². The van der Waals surface area contributed by atoms with Crippen molar-refractivity contribution in [2.45, 2.75) is 45.1 Å². The fourth-order valence-electron chi connectivity index (χ4n) is 4.26. The van der Waals surface area contributed by atoms with E-state index >= 15 is 0 Å². The number of ether oxygens (including phenoxy) is 1. The van der Waals surface area contributed by atoms with E-state index in [1.165, 1.54) is 7.11 Å². The molecule has 2 aliphatic heterocycles. The smallest absolute Gasteiger partial charge is 0.317 e. The third-order valence-electron chi connectivity index (χ3n) is 6.00. The van der Waals surface area contributed by atoms with Crippen LogP contribution in [0.3, 0.4) is 0 Å². The van der Waals surface area contributed by atoms with Gasteiger partial charge in [-0.2, -0.15) is 0 Å². The zero-order chi connectivity index (χ0) is 16.4. The van der Waals surface area contributed by atoms with Crippen LogP contribution in [0.4, 0.5) is 4.79 Å². The minimum Gasteiger partial charge on any atom is -0.469 e. The molecule has 3 rings (SSSR count). The Morgan fingerprint density at radius 3 is 2.65 bits per heavy atom. The second kappa shape index (κ2) is 6.67. The number of methoxy groups -OCH3 is 1. The maximum absolute atomic E-state index is 12.5. The fourth-order valence-corrected chi connectivity index (χ4v) is 4.26. The molecule has 3 fully saturated rings. The van der Waals surface area contributed by atoms with Gasteiger partial charge in [-0.15, -0.1) is 0 Å². The summed E-state index contributed by atoms with van der Waals surface area (Å²) in [6, 6.07) is 0.342. The molecule has 0 bridgehead atoms. The average Bonchev–Trinajstić information content (AvgIpc) is 3.28. The van der Waals surface area contributed by atoms with E-state index < -0.39 is 0 Å². The van der Waals surface area contributed by atoms with Crippen molar-refractivity contribution in [3.8, 4) is 0 Å². The lowest BCUT2D eigenvalue weighted by atomic mass is 9.91. The molecule has 0 aromatic heterocycles. The van der Waals surface area contributed by atoms with Crippen molar-refractivity contribution < 1.29 is 14.3 Å². The summed E-state index contributed by atoms with van der Waals surface area (Å²) in [6.45, 7) is 6.83. The maximum Gasteiger partial charge on any atom is 0.317 e. The Balaban J connectivity index is 1.45. The standard InChI is InChI=1S/C17H29N3O3/c1-3-19-8-4-5-13(12-19)18-16(22)20-9-6-17(7-10-20)11-14(17)15(21)23-2/h13-14H,3-12H2,1-2H3,(H,18,22)/t13-,14+/m1/s1. The van der Waals surface area contributed by atoms with Crippen LogP contribution in [0.1, 0.15) is 39.0 Å². The van der Waals surface area contributed by atoms with Crippen LogP contribution >= 0.6 is 0 Å². The molecule has 6 nitrogen and oxygen atoms in total. The molecule has 0 aromatic carbocycles. The van der Waals surface area contributed by atoms with E-state index in [2.05, 4.69) is 17.1 Å². The number of nitrogens with zero attached hydrogens (tertiary/aromatic N) is 2. The van der Waals surface area contributed by atoms with Gasteiger partial charge in [-0.25, -0.2) is 4.79 Å². The van der Waals surface area contributed by atoms with Crippen LogP contribution in [0.25, 0.3) is 0 Å². The van der Waals surface area contributed by atoms with E-state index in [1.807, 2.05) is 4.90 Å². The summed E-state index contributed by atoms with van der Waals surface area (Å²) in [6.07, 6.45) is 5.01. The Morgan fingerprint density at radius 1 is 1.26 bits per heavy atom. The summed E-state index contributed by atoms with van der Waals surface area (Å²) in [7, 11) is 1.46. The van der Waals surface area contributed by atoms with Gasteiger partial charge >= 0.3 is 12.0 Å². The molecule has 0 aromatic rings. The molecule has 1 saturated carbocycles. The molecule has 0 unspecified atom stereocenters. The minimum atomic E-state index is -0.0789. The normalized spacial score (nSPS) is 30.1. The lowest BCUT2D eigenvalue weighted by molar-refractivity contribution is -0.143. The van der Waals surface area contributed by atoms with Gasteiger partial charge in [0, 0.05) is 25.7 Å². The molecule has 1 aliphatic carbocycles. The Labute approximate surface area is 138 Å². The zero-order valence-corrected chi connectivity index (χ0v) is 14.3. The van der Waals surface area contributed by atoms with Gasteiger partial charge in [0.25, 0.3) is 0 Å². The average molecular weight is 323 g/mol. The number of nitrogens with one attached hydrogen (secondary N) is 1. The van der Waals surface area contributed by atoms with E-state index in [1.54, 1.807) is 0 Å². The Hall–Kier alpha value is -1.30. The first-order valence-electron chi connectivity index (χ1n) is 8.93. The largest absolute Gasteiger partial charge is 0.469 e. The number of hydrogen-bond acceptors (Lipinski definition) is 4. The van der Waals surface area contributed by atoms with Gasteiger partial charge in [0.05, 0.1) is 13.0 Å². The molecule has 2 heterocycles. The quantitative estimate of drug-likeness (QED) is 0.799. The second-order valence-corrected chi connectivity index (χ2v) is 7.31. The highest BCUT2D eigenvalue weighted by Crippen LogP contribution is 2.59. The molecule has 2 saturated heterocycles. The van der Waals surface area contributed by atoms with Crippen LogP contribution in [-0.4, -0.2) is 67.7 Å². The molecule has 1 spiro atoms. The summed E-state index contributed by atoms with van der Waals surface area (Å²) in [5.74, 6) is -0.0149. The second-order valence-electron chi connectivity index (χ2n) is 7.31. The molecule has 23 heavy (non-hydrogen) atoms. The molecule has 2 amide bonds. The Bertz CT molecular complexity index is 460. The molecule has 0 radical (unpaired) electrons. The van der Waals surface area contributed by atoms with Gasteiger partial charge in [-0.1, -0.05) is 6.92 Å². The number of urea groups is 1. The van der Waals surface area contributed by atoms with Crippen molar-refractivity contribution in [3.05, 3.63) is 0 Å². The highest BCUT2D eigenvalue weighted by atomic mass is 16.5. The van der Waals surface area contributed by atoms with E-state index in [4.69, 9.17) is 4.74 Å². The number of amides is 2. The van der Waals surface area contributed by atoms with Gasteiger partial charge in [0.1, 0.15) is 0 Å². The maximum atomic E-state index is 12.5. The first-order valence-corrected chi connectivity index (χ1v) is 8.93. The van der Waals surface area contributed by atoms with Crippen molar-refractivity contribution in [3.63, 3.8) is 0 Å². The third kappa shape index (κ3) is 3.47.